The average Bonchev–Trinajstić information content (AvgIpc) is 2.19. The van der Waals surface area contributed by atoms with Gasteiger partial charge in [-0.15, -0.1) is 0 Å². The lowest BCUT2D eigenvalue weighted by Gasteiger charge is -2.12. The monoisotopic (exact) mass is 196 g/mol. The van der Waals surface area contributed by atoms with Crippen molar-refractivity contribution < 1.29 is 4.74 Å². The molecule has 0 aliphatic heterocycles. The fraction of sp³-hybridized carbons (Fsp3) is 0.500. The van der Waals surface area contributed by atoms with Gasteiger partial charge in [-0.25, -0.2) is 0 Å². The zero-order chi connectivity index (χ0) is 10.6. The van der Waals surface area contributed by atoms with Crippen molar-refractivity contribution in [2.75, 3.05) is 5.73 Å². The molecule has 1 rings (SSSR count). The van der Waals surface area contributed by atoms with Gasteiger partial charge in [0.1, 0.15) is 6.73 Å². The fourth-order valence-corrected chi connectivity index (χ4v) is 0.976. The second-order valence-electron chi connectivity index (χ2n) is 3.29. The Morgan fingerprint density at radius 1 is 1.57 bits per heavy atom. The fourth-order valence-electron chi connectivity index (χ4n) is 0.976. The third-order valence-electron chi connectivity index (χ3n) is 2.08. The van der Waals surface area contributed by atoms with Gasteiger partial charge in [-0.05, 0) is 19.4 Å². The van der Waals surface area contributed by atoms with Crippen LogP contribution in [0.5, 0.6) is 0 Å². The van der Waals surface area contributed by atoms with Crippen molar-refractivity contribution in [3.05, 3.63) is 28.7 Å². The standard InChI is InChI=1S/C10H16N2O2/c1-3-8(2)14-7-12-6-9(11)4-5-10(12)13/h4-6,8H,3,7,11H2,1-2H3. The molecular formula is C10H16N2O2. The van der Waals surface area contributed by atoms with Crippen LogP contribution < -0.4 is 11.3 Å². The number of ether oxygens (including phenoxy) is 1. The summed E-state index contributed by atoms with van der Waals surface area (Å²) in [7, 11) is 0. The molecule has 4 heteroatoms. The highest BCUT2D eigenvalue weighted by molar-refractivity contribution is 5.33. The Labute approximate surface area is 83.3 Å². The third kappa shape index (κ3) is 2.88. The van der Waals surface area contributed by atoms with E-state index in [0.717, 1.165) is 6.42 Å². The zero-order valence-corrected chi connectivity index (χ0v) is 8.56. The van der Waals surface area contributed by atoms with Gasteiger partial charge in [-0.1, -0.05) is 6.92 Å². The molecule has 0 saturated carbocycles. The van der Waals surface area contributed by atoms with E-state index >= 15 is 0 Å². The first-order valence-corrected chi connectivity index (χ1v) is 4.71. The maximum atomic E-state index is 11.3. The number of nitrogen functional groups attached to an aromatic ring is 1. The van der Waals surface area contributed by atoms with Gasteiger partial charge in [0.25, 0.3) is 5.56 Å². The van der Waals surface area contributed by atoms with E-state index in [9.17, 15) is 4.79 Å². The molecule has 78 valence electrons. The highest BCUT2D eigenvalue weighted by atomic mass is 16.5. The van der Waals surface area contributed by atoms with Crippen molar-refractivity contribution in [2.45, 2.75) is 33.1 Å². The molecule has 4 nitrogen and oxygen atoms in total. The summed E-state index contributed by atoms with van der Waals surface area (Å²) >= 11 is 0. The molecule has 0 saturated heterocycles. The summed E-state index contributed by atoms with van der Waals surface area (Å²) in [6, 6.07) is 3.03. The van der Waals surface area contributed by atoms with E-state index in [0.29, 0.717) is 5.69 Å². The predicted molar refractivity (Wildman–Crippen MR) is 56.0 cm³/mol. The first kappa shape index (κ1) is 10.8. The van der Waals surface area contributed by atoms with Gasteiger partial charge < -0.3 is 10.5 Å². The van der Waals surface area contributed by atoms with E-state index in [4.69, 9.17) is 10.5 Å². The normalized spacial score (nSPS) is 12.7. The maximum absolute atomic E-state index is 11.3. The smallest absolute Gasteiger partial charge is 0.252 e. The third-order valence-corrected chi connectivity index (χ3v) is 2.08. The molecular weight excluding hydrogens is 180 g/mol. The SMILES string of the molecule is CCC(C)OCn1cc(N)ccc1=O. The summed E-state index contributed by atoms with van der Waals surface area (Å²) in [5, 5.41) is 0. The number of rotatable bonds is 4. The van der Waals surface area contributed by atoms with Crippen LogP contribution in [0.4, 0.5) is 5.69 Å². The number of aromatic nitrogens is 1. The van der Waals surface area contributed by atoms with E-state index in [1.165, 1.54) is 10.6 Å². The first-order valence-electron chi connectivity index (χ1n) is 4.71. The van der Waals surface area contributed by atoms with Crippen LogP contribution in [0.25, 0.3) is 0 Å². The van der Waals surface area contributed by atoms with Crippen molar-refractivity contribution in [1.82, 2.24) is 4.57 Å². The minimum Gasteiger partial charge on any atom is -0.398 e. The molecule has 0 radical (unpaired) electrons. The molecule has 0 amide bonds. The number of nitrogens with two attached hydrogens (primary N) is 1. The number of nitrogens with zero attached hydrogens (tertiary/aromatic N) is 1. The Balaban J connectivity index is 2.67. The lowest BCUT2D eigenvalue weighted by Crippen LogP contribution is -2.22. The van der Waals surface area contributed by atoms with E-state index < -0.39 is 0 Å². The Kier molecular flexibility index (Phi) is 3.71. The minimum absolute atomic E-state index is 0.0949. The van der Waals surface area contributed by atoms with Gasteiger partial charge in [0.2, 0.25) is 0 Å². The predicted octanol–water partition coefficient (Wildman–Crippen LogP) is 1.20. The lowest BCUT2D eigenvalue weighted by atomic mass is 10.3. The van der Waals surface area contributed by atoms with Gasteiger partial charge in [-0.3, -0.25) is 9.36 Å². The second kappa shape index (κ2) is 4.81. The van der Waals surface area contributed by atoms with E-state index in [-0.39, 0.29) is 18.4 Å². The molecule has 0 aliphatic carbocycles. The summed E-state index contributed by atoms with van der Waals surface area (Å²) < 4.78 is 6.88. The second-order valence-corrected chi connectivity index (χ2v) is 3.29. The number of hydrogen-bond donors (Lipinski definition) is 1. The van der Waals surface area contributed by atoms with Crippen LogP contribution in [-0.4, -0.2) is 10.7 Å². The molecule has 14 heavy (non-hydrogen) atoms. The molecule has 0 spiro atoms. The Morgan fingerprint density at radius 3 is 2.93 bits per heavy atom. The molecule has 1 unspecified atom stereocenters. The van der Waals surface area contributed by atoms with Crippen molar-refractivity contribution in [2.24, 2.45) is 0 Å². The Bertz CT molecular complexity index is 346. The highest BCUT2D eigenvalue weighted by Crippen LogP contribution is 1.99. The van der Waals surface area contributed by atoms with Crippen molar-refractivity contribution in [3.63, 3.8) is 0 Å². The van der Waals surface area contributed by atoms with Crippen molar-refractivity contribution in [1.29, 1.82) is 0 Å². The summed E-state index contributed by atoms with van der Waals surface area (Å²) in [6.07, 6.45) is 2.67. The molecule has 2 N–H and O–H groups in total. The van der Waals surface area contributed by atoms with Crippen LogP contribution in [0.3, 0.4) is 0 Å². The van der Waals surface area contributed by atoms with Gasteiger partial charge in [0, 0.05) is 18.0 Å². The minimum atomic E-state index is -0.0949. The molecule has 1 aromatic heterocycles. The largest absolute Gasteiger partial charge is 0.398 e. The van der Waals surface area contributed by atoms with Gasteiger partial charge in [0.15, 0.2) is 0 Å². The van der Waals surface area contributed by atoms with Crippen LogP contribution >= 0.6 is 0 Å². The van der Waals surface area contributed by atoms with Gasteiger partial charge in [0.05, 0.1) is 6.10 Å². The number of pyridine rings is 1. The highest BCUT2D eigenvalue weighted by Gasteiger charge is 2.00. The molecule has 0 bridgehead atoms. The van der Waals surface area contributed by atoms with Crippen LogP contribution in [0.1, 0.15) is 20.3 Å². The molecule has 0 aliphatic rings. The van der Waals surface area contributed by atoms with E-state index in [1.54, 1.807) is 12.3 Å². The Hall–Kier alpha value is -1.29. The van der Waals surface area contributed by atoms with Crippen LogP contribution in [0.2, 0.25) is 0 Å². The lowest BCUT2D eigenvalue weighted by molar-refractivity contribution is 0.0144. The first-order chi connectivity index (χ1) is 6.63. The Morgan fingerprint density at radius 2 is 2.29 bits per heavy atom. The van der Waals surface area contributed by atoms with Crippen molar-refractivity contribution in [3.8, 4) is 0 Å². The topological polar surface area (TPSA) is 57.2 Å². The summed E-state index contributed by atoms with van der Waals surface area (Å²) in [6.45, 7) is 4.27. The molecule has 1 atom stereocenters. The molecule has 0 aromatic carbocycles. The molecule has 0 fully saturated rings. The number of anilines is 1. The van der Waals surface area contributed by atoms with Crippen LogP contribution in [0.15, 0.2) is 23.1 Å². The summed E-state index contributed by atoms with van der Waals surface area (Å²) in [4.78, 5) is 11.3. The van der Waals surface area contributed by atoms with Crippen LogP contribution in [-0.2, 0) is 11.5 Å². The maximum Gasteiger partial charge on any atom is 0.252 e. The quantitative estimate of drug-likeness (QED) is 0.787. The summed E-state index contributed by atoms with van der Waals surface area (Å²) in [5.74, 6) is 0. The average molecular weight is 196 g/mol. The van der Waals surface area contributed by atoms with Crippen molar-refractivity contribution >= 4 is 5.69 Å². The van der Waals surface area contributed by atoms with E-state index in [2.05, 4.69) is 0 Å². The summed E-state index contributed by atoms with van der Waals surface area (Å²) in [5.41, 5.74) is 6.02. The van der Waals surface area contributed by atoms with Gasteiger partial charge in [-0.2, -0.15) is 0 Å². The van der Waals surface area contributed by atoms with Crippen LogP contribution in [0, 0.1) is 0 Å². The zero-order valence-electron chi connectivity index (χ0n) is 8.56. The van der Waals surface area contributed by atoms with E-state index in [1.807, 2.05) is 13.8 Å². The molecule has 1 heterocycles. The molecule has 1 aromatic rings. The van der Waals surface area contributed by atoms with Gasteiger partial charge >= 0.3 is 0 Å². The number of hydrogen-bond acceptors (Lipinski definition) is 3.